The molecule has 4 heterocycles. The SMILES string of the molecule is NCc1ccc(-c2ccc3c(c2)nc2n3C3CCC2CN(C2CCC2)C3)cc1. The lowest BCUT2D eigenvalue weighted by molar-refractivity contribution is 0.121. The number of hydrogen-bond donors (Lipinski definition) is 1. The minimum absolute atomic E-state index is 0.591. The van der Waals surface area contributed by atoms with E-state index in [0.717, 1.165) is 11.6 Å². The summed E-state index contributed by atoms with van der Waals surface area (Å²) in [5.41, 5.74) is 11.9. The van der Waals surface area contributed by atoms with Gasteiger partial charge in [-0.1, -0.05) is 36.8 Å². The van der Waals surface area contributed by atoms with Gasteiger partial charge in [0.2, 0.25) is 0 Å². The van der Waals surface area contributed by atoms with E-state index in [-0.39, 0.29) is 0 Å². The molecule has 28 heavy (non-hydrogen) atoms. The van der Waals surface area contributed by atoms with E-state index in [2.05, 4.69) is 51.9 Å². The molecule has 1 saturated carbocycles. The molecule has 2 N–H and O–H groups in total. The van der Waals surface area contributed by atoms with Crippen LogP contribution in [0.15, 0.2) is 42.5 Å². The number of nitrogens with zero attached hydrogens (tertiary/aromatic N) is 3. The van der Waals surface area contributed by atoms with Crippen LogP contribution >= 0.6 is 0 Å². The van der Waals surface area contributed by atoms with Gasteiger partial charge in [-0.15, -0.1) is 0 Å². The third-order valence-corrected chi connectivity index (χ3v) is 7.31. The minimum atomic E-state index is 0.591. The van der Waals surface area contributed by atoms with Crippen molar-refractivity contribution >= 4 is 11.0 Å². The standard InChI is InChI=1S/C24H28N4/c25-13-16-4-6-17(7-5-16)18-9-11-23-22(12-18)26-24-19-8-10-21(28(23)24)15-27(14-19)20-2-1-3-20/h4-7,9,11-12,19-21H,1-3,8,10,13-15,25H2. The Morgan fingerprint density at radius 2 is 1.71 bits per heavy atom. The smallest absolute Gasteiger partial charge is 0.114 e. The van der Waals surface area contributed by atoms with Gasteiger partial charge in [0, 0.05) is 37.6 Å². The molecule has 2 aromatic carbocycles. The number of hydrogen-bond acceptors (Lipinski definition) is 3. The van der Waals surface area contributed by atoms with Crippen LogP contribution < -0.4 is 5.73 Å². The lowest BCUT2D eigenvalue weighted by atomic mass is 9.91. The Hall–Kier alpha value is -2.17. The first-order valence-corrected chi connectivity index (χ1v) is 10.9. The van der Waals surface area contributed by atoms with Crippen LogP contribution in [-0.2, 0) is 6.54 Å². The van der Waals surface area contributed by atoms with Crippen LogP contribution in [-0.4, -0.2) is 33.6 Å². The van der Waals surface area contributed by atoms with Crippen LogP contribution in [0.1, 0.15) is 55.5 Å². The second-order valence-electron chi connectivity index (χ2n) is 8.91. The summed E-state index contributed by atoms with van der Waals surface area (Å²) >= 11 is 0. The van der Waals surface area contributed by atoms with Gasteiger partial charge in [-0.3, -0.25) is 4.90 Å². The summed E-state index contributed by atoms with van der Waals surface area (Å²) in [6.07, 6.45) is 6.81. The van der Waals surface area contributed by atoms with E-state index < -0.39 is 0 Å². The maximum atomic E-state index is 5.74. The Bertz CT molecular complexity index is 1020. The lowest BCUT2D eigenvalue weighted by Crippen LogP contribution is -2.42. The molecule has 3 aliphatic heterocycles. The van der Waals surface area contributed by atoms with Crippen molar-refractivity contribution in [2.75, 3.05) is 13.1 Å². The van der Waals surface area contributed by atoms with Crippen molar-refractivity contribution in [1.29, 1.82) is 0 Å². The molecular weight excluding hydrogens is 344 g/mol. The van der Waals surface area contributed by atoms with E-state index in [0.29, 0.717) is 18.5 Å². The summed E-state index contributed by atoms with van der Waals surface area (Å²) in [5, 5.41) is 0. The monoisotopic (exact) mass is 372 g/mol. The van der Waals surface area contributed by atoms with Crippen molar-refractivity contribution in [2.24, 2.45) is 5.73 Å². The molecule has 144 valence electrons. The van der Waals surface area contributed by atoms with Gasteiger partial charge in [-0.25, -0.2) is 4.98 Å². The molecule has 2 unspecified atom stereocenters. The fraction of sp³-hybridized carbons (Fsp3) is 0.458. The summed E-state index contributed by atoms with van der Waals surface area (Å²) in [7, 11) is 0. The van der Waals surface area contributed by atoms with Gasteiger partial charge < -0.3 is 10.3 Å². The maximum Gasteiger partial charge on any atom is 0.114 e. The van der Waals surface area contributed by atoms with Crippen LogP contribution in [0, 0.1) is 0 Å². The van der Waals surface area contributed by atoms with Crippen LogP contribution in [0.5, 0.6) is 0 Å². The highest BCUT2D eigenvalue weighted by molar-refractivity contribution is 5.83. The van der Waals surface area contributed by atoms with E-state index in [9.17, 15) is 0 Å². The quantitative estimate of drug-likeness (QED) is 0.739. The molecule has 1 aromatic heterocycles. The zero-order valence-electron chi connectivity index (χ0n) is 16.3. The Labute approximate surface area is 166 Å². The van der Waals surface area contributed by atoms with Crippen molar-refractivity contribution in [1.82, 2.24) is 14.5 Å². The molecular formula is C24H28N4. The van der Waals surface area contributed by atoms with Gasteiger partial charge in [0.05, 0.1) is 11.0 Å². The number of fused-ring (bicyclic) bond motifs is 4. The Morgan fingerprint density at radius 1 is 0.893 bits per heavy atom. The molecule has 2 fully saturated rings. The van der Waals surface area contributed by atoms with Gasteiger partial charge in [-0.2, -0.15) is 0 Å². The predicted molar refractivity (Wildman–Crippen MR) is 113 cm³/mol. The van der Waals surface area contributed by atoms with Crippen molar-refractivity contribution in [2.45, 2.75) is 56.7 Å². The molecule has 2 bridgehead atoms. The summed E-state index contributed by atoms with van der Waals surface area (Å²) < 4.78 is 2.59. The average molecular weight is 373 g/mol. The molecule has 0 amide bonds. The molecule has 4 nitrogen and oxygen atoms in total. The van der Waals surface area contributed by atoms with Gasteiger partial charge >= 0.3 is 0 Å². The van der Waals surface area contributed by atoms with Gasteiger partial charge in [-0.05, 0) is 54.5 Å². The minimum Gasteiger partial charge on any atom is -0.326 e. The van der Waals surface area contributed by atoms with Gasteiger partial charge in [0.25, 0.3) is 0 Å². The van der Waals surface area contributed by atoms with Crippen LogP contribution in [0.4, 0.5) is 0 Å². The zero-order valence-corrected chi connectivity index (χ0v) is 16.3. The van der Waals surface area contributed by atoms with Crippen molar-refractivity contribution in [3.8, 4) is 11.1 Å². The molecule has 4 aliphatic rings. The van der Waals surface area contributed by atoms with Crippen LogP contribution in [0.3, 0.4) is 0 Å². The summed E-state index contributed by atoms with van der Waals surface area (Å²) in [6, 6.07) is 16.8. The molecule has 7 rings (SSSR count). The van der Waals surface area contributed by atoms with Crippen molar-refractivity contribution < 1.29 is 0 Å². The molecule has 3 aromatic rings. The van der Waals surface area contributed by atoms with E-state index in [1.807, 2.05) is 0 Å². The highest BCUT2D eigenvalue weighted by Crippen LogP contribution is 2.43. The van der Waals surface area contributed by atoms with E-state index in [1.165, 1.54) is 73.2 Å². The van der Waals surface area contributed by atoms with Crippen LogP contribution in [0.2, 0.25) is 0 Å². The molecule has 0 spiro atoms. The number of imidazole rings is 1. The lowest BCUT2D eigenvalue weighted by Gasteiger charge is -2.37. The maximum absolute atomic E-state index is 5.74. The van der Waals surface area contributed by atoms with Crippen LogP contribution in [0.25, 0.3) is 22.2 Å². The van der Waals surface area contributed by atoms with Gasteiger partial charge in [0.15, 0.2) is 0 Å². The Kier molecular flexibility index (Phi) is 3.85. The van der Waals surface area contributed by atoms with Gasteiger partial charge in [0.1, 0.15) is 5.82 Å². The second-order valence-corrected chi connectivity index (χ2v) is 8.91. The summed E-state index contributed by atoms with van der Waals surface area (Å²) in [6.45, 7) is 3.01. The third kappa shape index (κ3) is 2.55. The molecule has 1 saturated heterocycles. The summed E-state index contributed by atoms with van der Waals surface area (Å²) in [4.78, 5) is 7.95. The van der Waals surface area contributed by atoms with Crippen molar-refractivity contribution in [3.05, 3.63) is 53.9 Å². The summed E-state index contributed by atoms with van der Waals surface area (Å²) in [5.74, 6) is 1.93. The molecule has 0 radical (unpaired) electrons. The first-order valence-electron chi connectivity index (χ1n) is 10.9. The number of benzene rings is 2. The Morgan fingerprint density at radius 3 is 2.46 bits per heavy atom. The van der Waals surface area contributed by atoms with E-state index in [1.54, 1.807) is 0 Å². The highest BCUT2D eigenvalue weighted by Gasteiger charge is 2.39. The normalized spacial score (nSPS) is 24.9. The Balaban J connectivity index is 1.38. The first-order chi connectivity index (χ1) is 13.8. The topological polar surface area (TPSA) is 47.1 Å². The fourth-order valence-corrected chi connectivity index (χ4v) is 5.48. The number of rotatable bonds is 3. The predicted octanol–water partition coefficient (Wildman–Crippen LogP) is 4.45. The first kappa shape index (κ1) is 16.8. The van der Waals surface area contributed by atoms with Crippen molar-refractivity contribution in [3.63, 3.8) is 0 Å². The largest absolute Gasteiger partial charge is 0.326 e. The zero-order chi connectivity index (χ0) is 18.7. The molecule has 4 heteroatoms. The second kappa shape index (κ2) is 6.43. The van der Waals surface area contributed by atoms with E-state index in [4.69, 9.17) is 10.7 Å². The molecule has 2 atom stereocenters. The molecule has 1 aliphatic carbocycles. The third-order valence-electron chi connectivity index (χ3n) is 7.31. The highest BCUT2D eigenvalue weighted by atomic mass is 15.3. The average Bonchev–Trinajstić information content (AvgIpc) is 2.87. The van der Waals surface area contributed by atoms with E-state index >= 15 is 0 Å². The fourth-order valence-electron chi connectivity index (χ4n) is 5.48. The number of nitrogens with two attached hydrogens (primary N) is 1. The number of aromatic nitrogens is 2.